The molecule has 0 aliphatic rings. The van der Waals surface area contributed by atoms with Crippen molar-refractivity contribution in [3.8, 4) is 0 Å². The molecule has 0 unspecified atom stereocenters. The first kappa shape index (κ1) is 11.2. The van der Waals surface area contributed by atoms with Crippen molar-refractivity contribution in [2.75, 3.05) is 0 Å². The third kappa shape index (κ3) is 3.94. The van der Waals surface area contributed by atoms with Crippen LogP contribution < -0.4 is 11.5 Å². The van der Waals surface area contributed by atoms with E-state index < -0.39 is 17.5 Å². The van der Waals surface area contributed by atoms with Gasteiger partial charge in [-0.3, -0.25) is 4.79 Å². The van der Waals surface area contributed by atoms with Crippen molar-refractivity contribution >= 4 is 17.5 Å². The number of carbonyl (C=O) groups excluding carboxylic acids is 1. The first-order valence-electron chi connectivity index (χ1n) is 3.50. The molecule has 0 aromatic rings. The zero-order valence-corrected chi connectivity index (χ0v) is 7.39. The first-order valence-corrected chi connectivity index (χ1v) is 3.50. The standard InChI is InChI=1S/C6H12N4O3/c1-3(2)13-10-4(6(8)11)5(7)9-12/h3,12H,1-2H3,(H2,7,9)(H2,8,11). The number of nitrogens with zero attached hydrogens (tertiary/aromatic N) is 2. The fraction of sp³-hybridized carbons (Fsp3) is 0.500. The average Bonchev–Trinajstić information content (AvgIpc) is 2.03. The van der Waals surface area contributed by atoms with Crippen LogP contribution in [0.4, 0.5) is 0 Å². The highest BCUT2D eigenvalue weighted by Crippen LogP contribution is 1.90. The number of amidine groups is 1. The molecule has 0 atom stereocenters. The molecule has 13 heavy (non-hydrogen) atoms. The van der Waals surface area contributed by atoms with Crippen LogP contribution in [0.3, 0.4) is 0 Å². The molecule has 0 aromatic carbocycles. The van der Waals surface area contributed by atoms with E-state index in [4.69, 9.17) is 21.5 Å². The number of oxime groups is 2. The monoisotopic (exact) mass is 188 g/mol. The van der Waals surface area contributed by atoms with Crippen molar-refractivity contribution < 1.29 is 14.8 Å². The van der Waals surface area contributed by atoms with Gasteiger partial charge in [-0.25, -0.2) is 0 Å². The van der Waals surface area contributed by atoms with Crippen LogP contribution in [0.5, 0.6) is 0 Å². The number of rotatable bonds is 4. The second-order valence-electron chi connectivity index (χ2n) is 2.44. The zero-order valence-electron chi connectivity index (χ0n) is 7.39. The molecule has 0 heterocycles. The topological polar surface area (TPSA) is 123 Å². The summed E-state index contributed by atoms with van der Waals surface area (Å²) in [7, 11) is 0. The van der Waals surface area contributed by atoms with E-state index in [1.165, 1.54) is 0 Å². The van der Waals surface area contributed by atoms with Gasteiger partial charge in [-0.05, 0) is 13.8 Å². The maximum Gasteiger partial charge on any atom is 0.274 e. The van der Waals surface area contributed by atoms with E-state index in [0.717, 1.165) is 0 Å². The summed E-state index contributed by atoms with van der Waals surface area (Å²) in [5.74, 6) is -1.40. The van der Waals surface area contributed by atoms with E-state index in [-0.39, 0.29) is 6.10 Å². The molecule has 0 radical (unpaired) electrons. The molecule has 0 saturated heterocycles. The minimum atomic E-state index is -0.920. The van der Waals surface area contributed by atoms with Gasteiger partial charge in [0.15, 0.2) is 5.84 Å². The molecule has 0 aliphatic carbocycles. The number of primary amides is 1. The van der Waals surface area contributed by atoms with E-state index in [1.54, 1.807) is 13.8 Å². The van der Waals surface area contributed by atoms with Crippen LogP contribution in [-0.2, 0) is 9.63 Å². The van der Waals surface area contributed by atoms with Crippen molar-refractivity contribution in [3.05, 3.63) is 0 Å². The molecule has 1 amide bonds. The van der Waals surface area contributed by atoms with Crippen LogP contribution in [0.2, 0.25) is 0 Å². The first-order chi connectivity index (χ1) is 5.99. The molecule has 5 N–H and O–H groups in total. The molecule has 7 nitrogen and oxygen atoms in total. The maximum absolute atomic E-state index is 10.7. The number of carbonyl (C=O) groups is 1. The molecular formula is C6H12N4O3. The minimum Gasteiger partial charge on any atom is -0.409 e. The molecule has 0 rings (SSSR count). The summed E-state index contributed by atoms with van der Waals surface area (Å²) in [6, 6.07) is 0. The van der Waals surface area contributed by atoms with E-state index in [0.29, 0.717) is 0 Å². The molecule has 0 aromatic heterocycles. The Labute approximate surface area is 75.0 Å². The number of amides is 1. The Kier molecular flexibility index (Phi) is 4.28. The van der Waals surface area contributed by atoms with Gasteiger partial charge in [-0.2, -0.15) is 0 Å². The lowest BCUT2D eigenvalue weighted by Gasteiger charge is -2.03. The van der Waals surface area contributed by atoms with E-state index in [2.05, 4.69) is 10.3 Å². The van der Waals surface area contributed by atoms with Crippen LogP contribution in [0.25, 0.3) is 0 Å². The number of nitrogens with two attached hydrogens (primary N) is 2. The lowest BCUT2D eigenvalue weighted by molar-refractivity contribution is -0.112. The molecule has 0 aliphatic heterocycles. The second kappa shape index (κ2) is 4.96. The predicted octanol–water partition coefficient (Wildman–Crippen LogP) is -1.00. The van der Waals surface area contributed by atoms with Crippen LogP contribution in [0, 0.1) is 0 Å². The molecule has 0 bridgehead atoms. The lowest BCUT2D eigenvalue weighted by atomic mass is 10.3. The fourth-order valence-electron chi connectivity index (χ4n) is 0.423. The summed E-state index contributed by atoms with van der Waals surface area (Å²) >= 11 is 0. The van der Waals surface area contributed by atoms with Gasteiger partial charge in [0.2, 0.25) is 5.71 Å². The predicted molar refractivity (Wildman–Crippen MR) is 46.3 cm³/mol. The summed E-state index contributed by atoms with van der Waals surface area (Å²) in [5, 5.41) is 14.1. The highest BCUT2D eigenvalue weighted by atomic mass is 16.6. The quantitative estimate of drug-likeness (QED) is 0.226. The average molecular weight is 188 g/mol. The van der Waals surface area contributed by atoms with Gasteiger partial charge in [-0.15, -0.1) is 0 Å². The summed E-state index contributed by atoms with van der Waals surface area (Å²) in [6.45, 7) is 3.41. The summed E-state index contributed by atoms with van der Waals surface area (Å²) < 4.78 is 0. The molecule has 0 saturated carbocycles. The van der Waals surface area contributed by atoms with Gasteiger partial charge in [0.1, 0.15) is 6.10 Å². The Morgan fingerprint density at radius 2 is 2.00 bits per heavy atom. The van der Waals surface area contributed by atoms with Crippen molar-refractivity contribution in [2.45, 2.75) is 20.0 Å². The summed E-state index contributed by atoms with van der Waals surface area (Å²) in [5.41, 5.74) is 9.56. The Morgan fingerprint density at radius 1 is 1.46 bits per heavy atom. The smallest absolute Gasteiger partial charge is 0.274 e. The molecular weight excluding hydrogens is 176 g/mol. The Balaban J connectivity index is 4.61. The third-order valence-corrected chi connectivity index (χ3v) is 0.939. The molecule has 7 heteroatoms. The van der Waals surface area contributed by atoms with Crippen LogP contribution in [0.15, 0.2) is 10.3 Å². The molecule has 0 spiro atoms. The molecule has 0 fully saturated rings. The molecule has 74 valence electrons. The van der Waals surface area contributed by atoms with Crippen molar-refractivity contribution in [3.63, 3.8) is 0 Å². The summed E-state index contributed by atoms with van der Waals surface area (Å²) in [4.78, 5) is 15.4. The van der Waals surface area contributed by atoms with Gasteiger partial charge in [0.05, 0.1) is 0 Å². The number of hydrogen-bond donors (Lipinski definition) is 3. The highest BCUT2D eigenvalue weighted by molar-refractivity contribution is 6.65. The van der Waals surface area contributed by atoms with Gasteiger partial charge in [0.25, 0.3) is 5.91 Å². The zero-order chi connectivity index (χ0) is 10.4. The Bertz CT molecular complexity index is 246. The third-order valence-electron chi connectivity index (χ3n) is 0.939. The van der Waals surface area contributed by atoms with Crippen molar-refractivity contribution in [1.29, 1.82) is 0 Å². The number of hydrogen-bond acceptors (Lipinski definition) is 5. The second-order valence-corrected chi connectivity index (χ2v) is 2.44. The van der Waals surface area contributed by atoms with Gasteiger partial charge < -0.3 is 21.5 Å². The van der Waals surface area contributed by atoms with E-state index in [9.17, 15) is 4.79 Å². The largest absolute Gasteiger partial charge is 0.409 e. The van der Waals surface area contributed by atoms with Gasteiger partial charge >= 0.3 is 0 Å². The van der Waals surface area contributed by atoms with E-state index >= 15 is 0 Å². The minimum absolute atomic E-state index is 0.221. The normalized spacial score (nSPS) is 13.2. The summed E-state index contributed by atoms with van der Waals surface area (Å²) in [6.07, 6.45) is -0.221. The Morgan fingerprint density at radius 3 is 2.31 bits per heavy atom. The fourth-order valence-corrected chi connectivity index (χ4v) is 0.423. The van der Waals surface area contributed by atoms with Gasteiger partial charge in [0, 0.05) is 0 Å². The maximum atomic E-state index is 10.7. The van der Waals surface area contributed by atoms with Crippen LogP contribution in [0.1, 0.15) is 13.8 Å². The van der Waals surface area contributed by atoms with Crippen LogP contribution in [-0.4, -0.2) is 28.8 Å². The van der Waals surface area contributed by atoms with Crippen molar-refractivity contribution in [2.24, 2.45) is 21.8 Å². The van der Waals surface area contributed by atoms with Crippen LogP contribution >= 0.6 is 0 Å². The van der Waals surface area contributed by atoms with Crippen molar-refractivity contribution in [1.82, 2.24) is 0 Å². The van der Waals surface area contributed by atoms with E-state index in [1.807, 2.05) is 0 Å². The van der Waals surface area contributed by atoms with Gasteiger partial charge in [-0.1, -0.05) is 10.3 Å². The highest BCUT2D eigenvalue weighted by Gasteiger charge is 2.13. The Hall–Kier alpha value is -1.79. The SMILES string of the molecule is CC(C)ON=C(C(N)=O)C(N)=NO. The lowest BCUT2D eigenvalue weighted by Crippen LogP contribution is -2.36.